The highest BCUT2D eigenvalue weighted by Gasteiger charge is 2.23. The lowest BCUT2D eigenvalue weighted by Crippen LogP contribution is -2.45. The second-order valence-electron chi connectivity index (χ2n) is 17.4. The van der Waals surface area contributed by atoms with Crippen molar-refractivity contribution in [3.8, 4) is 0 Å². The quantitative estimate of drug-likeness (QED) is 0.0274. The zero-order valence-electron chi connectivity index (χ0n) is 38.5. The van der Waals surface area contributed by atoms with Crippen LogP contribution in [0.15, 0.2) is 48.6 Å². The van der Waals surface area contributed by atoms with Crippen LogP contribution in [0.1, 0.15) is 206 Å². The molecule has 0 spiro atoms. The van der Waals surface area contributed by atoms with Gasteiger partial charge in [0.05, 0.1) is 39.9 Å². The smallest absolute Gasteiger partial charge is 0.268 e. The summed E-state index contributed by atoms with van der Waals surface area (Å²) >= 11 is 0. The van der Waals surface area contributed by atoms with Gasteiger partial charge in [0.15, 0.2) is 0 Å². The van der Waals surface area contributed by atoms with Gasteiger partial charge in [-0.15, -0.1) is 0 Å². The van der Waals surface area contributed by atoms with Gasteiger partial charge in [0.1, 0.15) is 13.2 Å². The van der Waals surface area contributed by atoms with E-state index in [1.807, 2.05) is 27.2 Å². The van der Waals surface area contributed by atoms with Crippen molar-refractivity contribution in [3.05, 3.63) is 48.6 Å². The Hall–Kier alpha value is -1.54. The molecule has 0 rings (SSSR count). The molecule has 8 nitrogen and oxygen atoms in total. The molecule has 0 aliphatic carbocycles. The first-order valence-electron chi connectivity index (χ1n) is 24.0. The van der Waals surface area contributed by atoms with Crippen LogP contribution in [-0.4, -0.2) is 68.5 Å². The Morgan fingerprint density at radius 3 is 1.47 bits per heavy atom. The molecule has 0 aliphatic rings. The van der Waals surface area contributed by atoms with Crippen LogP contribution >= 0.6 is 7.82 Å². The second kappa shape index (κ2) is 40.8. The van der Waals surface area contributed by atoms with Crippen molar-refractivity contribution >= 4 is 13.7 Å². The minimum absolute atomic E-state index is 0.0117. The van der Waals surface area contributed by atoms with Gasteiger partial charge in [-0.1, -0.05) is 184 Å². The van der Waals surface area contributed by atoms with Crippen molar-refractivity contribution < 1.29 is 32.9 Å². The maximum atomic E-state index is 12.8. The van der Waals surface area contributed by atoms with Gasteiger partial charge in [0.2, 0.25) is 5.91 Å². The fraction of sp³-hybridized carbons (Fsp3) is 0.816. The summed E-state index contributed by atoms with van der Waals surface area (Å²) in [4.78, 5) is 25.2. The average molecular weight is 837 g/mol. The molecule has 0 saturated carbocycles. The number of phosphoric acid groups is 1. The summed E-state index contributed by atoms with van der Waals surface area (Å²) in [6, 6.07) is -0.913. The largest absolute Gasteiger partial charge is 0.756 e. The molecule has 340 valence electrons. The number of amides is 1. The number of rotatable bonds is 43. The highest BCUT2D eigenvalue weighted by molar-refractivity contribution is 7.45. The van der Waals surface area contributed by atoms with Gasteiger partial charge in [-0.2, -0.15) is 0 Å². The van der Waals surface area contributed by atoms with Gasteiger partial charge in [0, 0.05) is 6.42 Å². The van der Waals surface area contributed by atoms with Gasteiger partial charge >= 0.3 is 0 Å². The van der Waals surface area contributed by atoms with E-state index in [-0.39, 0.29) is 12.5 Å². The van der Waals surface area contributed by atoms with E-state index in [0.29, 0.717) is 17.4 Å². The summed E-state index contributed by atoms with van der Waals surface area (Å²) in [6.45, 7) is 4.54. The molecule has 0 radical (unpaired) electrons. The second-order valence-corrected chi connectivity index (χ2v) is 18.8. The van der Waals surface area contributed by atoms with Crippen LogP contribution in [0.2, 0.25) is 0 Å². The zero-order valence-corrected chi connectivity index (χ0v) is 39.4. The fourth-order valence-corrected chi connectivity index (χ4v) is 7.38. The van der Waals surface area contributed by atoms with Crippen LogP contribution in [-0.2, 0) is 18.4 Å². The highest BCUT2D eigenvalue weighted by atomic mass is 31.2. The number of nitrogens with one attached hydrogen (secondary N) is 1. The van der Waals surface area contributed by atoms with Crippen LogP contribution in [0.5, 0.6) is 0 Å². The van der Waals surface area contributed by atoms with E-state index in [9.17, 15) is 19.4 Å². The lowest BCUT2D eigenvalue weighted by molar-refractivity contribution is -0.870. The van der Waals surface area contributed by atoms with Crippen LogP contribution in [0.3, 0.4) is 0 Å². The maximum Gasteiger partial charge on any atom is 0.268 e. The number of nitrogens with zero attached hydrogens (tertiary/aromatic N) is 1. The molecule has 0 fully saturated rings. The minimum atomic E-state index is -4.60. The number of hydrogen-bond acceptors (Lipinski definition) is 6. The summed E-state index contributed by atoms with van der Waals surface area (Å²) in [5, 5.41) is 13.7. The van der Waals surface area contributed by atoms with Crippen molar-refractivity contribution in [2.24, 2.45) is 0 Å². The van der Waals surface area contributed by atoms with Gasteiger partial charge in [0.25, 0.3) is 7.82 Å². The number of quaternary nitrogens is 1. The van der Waals surface area contributed by atoms with E-state index in [0.717, 1.165) is 70.6 Å². The predicted octanol–water partition coefficient (Wildman–Crippen LogP) is 13.0. The molecule has 0 bridgehead atoms. The van der Waals surface area contributed by atoms with Crippen LogP contribution in [0, 0.1) is 0 Å². The van der Waals surface area contributed by atoms with Crippen LogP contribution < -0.4 is 10.2 Å². The molecular weight excluding hydrogens is 744 g/mol. The maximum absolute atomic E-state index is 12.8. The summed E-state index contributed by atoms with van der Waals surface area (Å²) in [7, 11) is 1.22. The summed E-state index contributed by atoms with van der Waals surface area (Å²) in [6.07, 6.45) is 51.9. The highest BCUT2D eigenvalue weighted by Crippen LogP contribution is 2.38. The molecule has 0 aliphatic heterocycles. The summed E-state index contributed by atoms with van der Waals surface area (Å²) in [5.41, 5.74) is 0. The number of aliphatic hydroxyl groups is 1. The van der Waals surface area contributed by atoms with E-state index in [2.05, 4.69) is 55.6 Å². The Bertz CT molecular complexity index is 1090. The molecule has 2 N–H and O–H groups in total. The van der Waals surface area contributed by atoms with Crippen molar-refractivity contribution in [3.63, 3.8) is 0 Å². The number of allylic oxidation sites excluding steroid dienone is 7. The Morgan fingerprint density at radius 1 is 0.586 bits per heavy atom. The number of hydrogen-bond donors (Lipinski definition) is 2. The average Bonchev–Trinajstić information content (AvgIpc) is 3.17. The van der Waals surface area contributed by atoms with E-state index in [4.69, 9.17) is 9.05 Å². The zero-order chi connectivity index (χ0) is 42.8. The lowest BCUT2D eigenvalue weighted by atomic mass is 10.0. The molecule has 58 heavy (non-hydrogen) atoms. The SMILES string of the molecule is CCC/C=C\CCCCCCCC(=O)NC(COP(=O)([O-])OCC[N+](C)(C)C)C(O)/C=C/CC/C=C/CC/C=C/CCCCCCCCCCCCCCCCCC. The number of likely N-dealkylation sites (N-methyl/N-ethyl adjacent to an activating group) is 1. The third kappa shape index (κ3) is 42.6. The first-order valence-corrected chi connectivity index (χ1v) is 25.5. The van der Waals surface area contributed by atoms with Gasteiger partial charge < -0.3 is 28.8 Å². The Balaban J connectivity index is 4.30. The minimum Gasteiger partial charge on any atom is -0.756 e. The van der Waals surface area contributed by atoms with Gasteiger partial charge in [-0.25, -0.2) is 0 Å². The van der Waals surface area contributed by atoms with Crippen molar-refractivity contribution in [2.75, 3.05) is 40.9 Å². The fourth-order valence-electron chi connectivity index (χ4n) is 6.66. The van der Waals surface area contributed by atoms with E-state index in [1.54, 1.807) is 6.08 Å². The molecule has 0 saturated heterocycles. The Morgan fingerprint density at radius 2 is 1.00 bits per heavy atom. The van der Waals surface area contributed by atoms with E-state index >= 15 is 0 Å². The normalized spacial score (nSPS) is 14.7. The first kappa shape index (κ1) is 56.5. The van der Waals surface area contributed by atoms with Crippen molar-refractivity contribution in [1.82, 2.24) is 5.32 Å². The summed E-state index contributed by atoms with van der Waals surface area (Å²) in [5.74, 6) is -0.225. The number of aliphatic hydroxyl groups excluding tert-OH is 1. The van der Waals surface area contributed by atoms with Crippen LogP contribution in [0.4, 0.5) is 0 Å². The number of unbranched alkanes of at least 4 members (excludes halogenated alkanes) is 24. The van der Waals surface area contributed by atoms with E-state index < -0.39 is 26.6 Å². The molecular formula is C49H93N2O6P. The molecule has 0 aromatic rings. The number of carbonyl (C=O) groups is 1. The molecule has 9 heteroatoms. The Labute approximate surface area is 359 Å². The molecule has 0 aromatic carbocycles. The topological polar surface area (TPSA) is 108 Å². The Kier molecular flexibility index (Phi) is 39.8. The van der Waals surface area contributed by atoms with Gasteiger partial charge in [-0.3, -0.25) is 9.36 Å². The van der Waals surface area contributed by atoms with Crippen molar-refractivity contribution in [1.29, 1.82) is 0 Å². The molecule has 3 unspecified atom stereocenters. The number of carbonyl (C=O) groups excluding carboxylic acids is 1. The predicted molar refractivity (Wildman–Crippen MR) is 247 cm³/mol. The molecule has 0 heterocycles. The standard InChI is InChI=1S/C49H93N2O6P/c1-6-8-10-12-14-16-18-19-20-21-22-23-24-25-26-27-28-29-30-31-32-33-34-36-38-40-42-48(52)47(46-57-58(54,55)56-45-44-51(3,4)5)50-49(53)43-41-39-37-35-17-15-13-11-9-7-2/h11,13,29-30,33-34,40,42,47-48,52H,6-10,12,14-28,31-32,35-39,41,43-46H2,1-5H3,(H-,50,53,54,55)/b13-11-,30-29+,34-33+,42-40+. The summed E-state index contributed by atoms with van der Waals surface area (Å²) < 4.78 is 23.1. The van der Waals surface area contributed by atoms with Gasteiger partial charge in [-0.05, 0) is 64.2 Å². The monoisotopic (exact) mass is 837 g/mol. The molecule has 0 aromatic heterocycles. The third-order valence-electron chi connectivity index (χ3n) is 10.5. The first-order chi connectivity index (χ1) is 28.0. The van der Waals surface area contributed by atoms with Crippen LogP contribution in [0.25, 0.3) is 0 Å². The van der Waals surface area contributed by atoms with E-state index in [1.165, 1.54) is 116 Å². The molecule has 3 atom stereocenters. The lowest BCUT2D eigenvalue weighted by Gasteiger charge is -2.29. The third-order valence-corrected chi connectivity index (χ3v) is 11.4. The van der Waals surface area contributed by atoms with Crippen molar-refractivity contribution in [2.45, 2.75) is 219 Å². The molecule has 1 amide bonds. The number of phosphoric ester groups is 1.